The lowest BCUT2D eigenvalue weighted by atomic mass is 10.1. The van der Waals surface area contributed by atoms with E-state index in [0.717, 1.165) is 22.7 Å². The zero-order chi connectivity index (χ0) is 22.9. The second kappa shape index (κ2) is 8.45. The van der Waals surface area contributed by atoms with Crippen LogP contribution in [0.1, 0.15) is 52.4 Å². The van der Waals surface area contributed by atoms with Gasteiger partial charge in [-0.25, -0.2) is 9.67 Å². The largest absolute Gasteiger partial charge is 0.416 e. The normalized spacial score (nSPS) is 12.8. The van der Waals surface area contributed by atoms with Gasteiger partial charge in [0.15, 0.2) is 5.69 Å². The summed E-state index contributed by atoms with van der Waals surface area (Å²) in [5, 5.41) is 10.5. The molecule has 2 aromatic heterocycles. The highest BCUT2D eigenvalue weighted by Gasteiger charge is 2.33. The van der Waals surface area contributed by atoms with Crippen LogP contribution in [0.5, 0.6) is 0 Å². The molecule has 7 nitrogen and oxygen atoms in total. The first-order valence-electron chi connectivity index (χ1n) is 10.1. The molecule has 4 rings (SSSR count). The molecule has 0 fully saturated rings. The van der Waals surface area contributed by atoms with Gasteiger partial charge in [-0.05, 0) is 42.7 Å². The van der Waals surface area contributed by atoms with Gasteiger partial charge >= 0.3 is 6.18 Å². The maximum absolute atomic E-state index is 13.2. The molecule has 1 unspecified atom stereocenters. The van der Waals surface area contributed by atoms with Crippen LogP contribution < -0.4 is 5.32 Å². The Bertz CT molecular complexity index is 1260. The Morgan fingerprint density at radius 1 is 1.22 bits per heavy atom. The zero-order valence-electron chi connectivity index (χ0n) is 17.4. The van der Waals surface area contributed by atoms with Crippen LogP contribution in [0.3, 0.4) is 0 Å². The van der Waals surface area contributed by atoms with Gasteiger partial charge in [-0.3, -0.25) is 4.79 Å². The number of hydrogen-bond acceptors (Lipinski definition) is 4. The summed E-state index contributed by atoms with van der Waals surface area (Å²) in [6, 6.07) is 10.7. The number of benzene rings is 2. The number of alkyl halides is 3. The summed E-state index contributed by atoms with van der Waals surface area (Å²) in [6.45, 7) is 3.74. The molecule has 1 atom stereocenters. The zero-order valence-corrected chi connectivity index (χ0v) is 17.4. The number of amides is 1. The van der Waals surface area contributed by atoms with Gasteiger partial charge < -0.3 is 10.3 Å². The molecule has 0 saturated carbocycles. The highest BCUT2D eigenvalue weighted by Crippen LogP contribution is 2.32. The van der Waals surface area contributed by atoms with Crippen molar-refractivity contribution >= 4 is 16.9 Å². The Morgan fingerprint density at radius 2 is 2.00 bits per heavy atom. The van der Waals surface area contributed by atoms with Crippen LogP contribution >= 0.6 is 0 Å². The number of fused-ring (bicyclic) bond motifs is 1. The minimum Gasteiger partial charge on any atom is -0.341 e. The van der Waals surface area contributed by atoms with Crippen molar-refractivity contribution in [2.45, 2.75) is 39.0 Å². The van der Waals surface area contributed by atoms with Crippen LogP contribution in [-0.2, 0) is 12.7 Å². The molecule has 0 radical (unpaired) electrons. The van der Waals surface area contributed by atoms with E-state index < -0.39 is 17.6 Å². The molecule has 2 N–H and O–H groups in total. The molecule has 0 saturated heterocycles. The third-order valence-electron chi connectivity index (χ3n) is 5.13. The number of imidazole rings is 1. The van der Waals surface area contributed by atoms with Crippen molar-refractivity contribution in [3.8, 4) is 0 Å². The van der Waals surface area contributed by atoms with Crippen molar-refractivity contribution in [1.29, 1.82) is 0 Å². The van der Waals surface area contributed by atoms with Gasteiger partial charge in [-0.2, -0.15) is 13.2 Å². The van der Waals surface area contributed by atoms with E-state index in [1.165, 1.54) is 29.1 Å². The average Bonchev–Trinajstić information content (AvgIpc) is 3.38. The van der Waals surface area contributed by atoms with Gasteiger partial charge in [0, 0.05) is 0 Å². The molecule has 0 bridgehead atoms. The molecular formula is C22H21F3N6O. The van der Waals surface area contributed by atoms with E-state index in [1.54, 1.807) is 0 Å². The molecule has 0 aliphatic carbocycles. The van der Waals surface area contributed by atoms with Crippen LogP contribution in [0, 0.1) is 6.92 Å². The second-order valence-electron chi connectivity index (χ2n) is 7.53. The van der Waals surface area contributed by atoms with E-state index in [-0.39, 0.29) is 23.8 Å². The molecule has 0 aliphatic heterocycles. The standard InChI is InChI=1S/C22H21F3N6O/c1-3-16(20-26-17-9-8-13(2)10-18(17)27-20)28-21(32)19-12-31(30-29-19)11-14-6-4-5-7-15(14)22(23,24)25/h4-10,12,16H,3,11H2,1-2H3,(H,26,27)(H,28,32). The van der Waals surface area contributed by atoms with Crippen molar-refractivity contribution in [3.63, 3.8) is 0 Å². The van der Waals surface area contributed by atoms with Crippen LogP contribution in [0.4, 0.5) is 13.2 Å². The summed E-state index contributed by atoms with van der Waals surface area (Å²) >= 11 is 0. The minimum atomic E-state index is -4.48. The summed E-state index contributed by atoms with van der Waals surface area (Å²) in [4.78, 5) is 20.5. The first-order chi connectivity index (χ1) is 15.2. The third-order valence-corrected chi connectivity index (χ3v) is 5.13. The number of H-pyrrole nitrogens is 1. The maximum atomic E-state index is 13.2. The van der Waals surface area contributed by atoms with Gasteiger partial charge in [0.25, 0.3) is 5.91 Å². The molecule has 0 spiro atoms. The first-order valence-corrected chi connectivity index (χ1v) is 10.1. The lowest BCUT2D eigenvalue weighted by Gasteiger charge is -2.13. The third kappa shape index (κ3) is 4.48. The second-order valence-corrected chi connectivity index (χ2v) is 7.53. The summed E-state index contributed by atoms with van der Waals surface area (Å²) in [7, 11) is 0. The SMILES string of the molecule is CCC(NC(=O)c1cn(Cc2ccccc2C(F)(F)F)nn1)c1nc2ccc(C)cc2[nH]1. The highest BCUT2D eigenvalue weighted by molar-refractivity contribution is 5.92. The lowest BCUT2D eigenvalue weighted by Crippen LogP contribution is -2.29. The van der Waals surface area contributed by atoms with Crippen molar-refractivity contribution in [1.82, 2.24) is 30.3 Å². The number of nitrogens with one attached hydrogen (secondary N) is 2. The van der Waals surface area contributed by atoms with E-state index in [0.29, 0.717) is 12.2 Å². The minimum absolute atomic E-state index is 0.0138. The number of carbonyl (C=O) groups is 1. The van der Waals surface area contributed by atoms with Crippen molar-refractivity contribution in [3.05, 3.63) is 76.9 Å². The number of rotatable bonds is 6. The van der Waals surface area contributed by atoms with E-state index in [1.807, 2.05) is 32.0 Å². The topological polar surface area (TPSA) is 88.5 Å². The predicted molar refractivity (Wildman–Crippen MR) is 112 cm³/mol. The van der Waals surface area contributed by atoms with E-state index >= 15 is 0 Å². The summed E-state index contributed by atoms with van der Waals surface area (Å²) in [6.07, 6.45) is -2.56. The van der Waals surface area contributed by atoms with Crippen LogP contribution in [0.25, 0.3) is 11.0 Å². The number of aromatic nitrogens is 5. The van der Waals surface area contributed by atoms with E-state index in [2.05, 4.69) is 25.6 Å². The monoisotopic (exact) mass is 442 g/mol. The molecule has 2 heterocycles. The maximum Gasteiger partial charge on any atom is 0.416 e. The van der Waals surface area contributed by atoms with Gasteiger partial charge in [0.05, 0.1) is 35.4 Å². The fraction of sp³-hybridized carbons (Fsp3) is 0.273. The Balaban J connectivity index is 1.50. The number of nitrogens with zero attached hydrogens (tertiary/aromatic N) is 4. The molecule has 32 heavy (non-hydrogen) atoms. The average molecular weight is 442 g/mol. The number of aromatic amines is 1. The fourth-order valence-electron chi connectivity index (χ4n) is 3.49. The predicted octanol–water partition coefficient (Wildman–Crippen LogP) is 4.41. The Kier molecular flexibility index (Phi) is 5.68. The van der Waals surface area contributed by atoms with Crippen LogP contribution in [-0.4, -0.2) is 30.9 Å². The summed E-state index contributed by atoms with van der Waals surface area (Å²) < 4.78 is 40.8. The summed E-state index contributed by atoms with van der Waals surface area (Å²) in [5.74, 6) is 0.136. The van der Waals surface area contributed by atoms with E-state index in [4.69, 9.17) is 0 Å². The molecule has 166 valence electrons. The Hall–Kier alpha value is -3.69. The van der Waals surface area contributed by atoms with Crippen molar-refractivity contribution in [2.24, 2.45) is 0 Å². The van der Waals surface area contributed by atoms with Gasteiger partial charge in [-0.15, -0.1) is 5.10 Å². The first kappa shape index (κ1) is 21.5. The van der Waals surface area contributed by atoms with E-state index in [9.17, 15) is 18.0 Å². The molecule has 4 aromatic rings. The molecule has 2 aromatic carbocycles. The van der Waals surface area contributed by atoms with Gasteiger partial charge in [0.2, 0.25) is 0 Å². The van der Waals surface area contributed by atoms with Crippen LogP contribution in [0.15, 0.2) is 48.7 Å². The number of halogens is 3. The smallest absolute Gasteiger partial charge is 0.341 e. The van der Waals surface area contributed by atoms with Crippen molar-refractivity contribution < 1.29 is 18.0 Å². The van der Waals surface area contributed by atoms with Gasteiger partial charge in [-0.1, -0.05) is 36.4 Å². The number of hydrogen-bond donors (Lipinski definition) is 2. The van der Waals surface area contributed by atoms with Gasteiger partial charge in [0.1, 0.15) is 5.82 Å². The number of aryl methyl sites for hydroxylation is 1. The lowest BCUT2D eigenvalue weighted by molar-refractivity contribution is -0.138. The quantitative estimate of drug-likeness (QED) is 0.463. The molecule has 1 amide bonds. The highest BCUT2D eigenvalue weighted by atomic mass is 19.4. The van der Waals surface area contributed by atoms with Crippen LogP contribution in [0.2, 0.25) is 0 Å². The molecule has 10 heteroatoms. The number of carbonyl (C=O) groups excluding carboxylic acids is 1. The fourth-order valence-corrected chi connectivity index (χ4v) is 3.49. The molecular weight excluding hydrogens is 421 g/mol. The Labute approximate surface area is 181 Å². The molecule has 0 aliphatic rings. The summed E-state index contributed by atoms with van der Waals surface area (Å²) in [5.41, 5.74) is 2.08. The van der Waals surface area contributed by atoms with Crippen molar-refractivity contribution in [2.75, 3.05) is 0 Å². The Morgan fingerprint density at radius 3 is 2.75 bits per heavy atom.